The van der Waals surface area contributed by atoms with Crippen LogP contribution in [0, 0.1) is 5.92 Å². The van der Waals surface area contributed by atoms with Crippen LogP contribution >= 0.6 is 0 Å². The predicted molar refractivity (Wildman–Crippen MR) is 76.4 cm³/mol. The lowest BCUT2D eigenvalue weighted by Crippen LogP contribution is -2.46. The van der Waals surface area contributed by atoms with Crippen LogP contribution in [0.2, 0.25) is 0 Å². The number of piperazine rings is 1. The van der Waals surface area contributed by atoms with E-state index >= 15 is 0 Å². The zero-order valence-corrected chi connectivity index (χ0v) is 12.8. The molecular weight excluding hydrogens is 334 g/mol. The summed E-state index contributed by atoms with van der Waals surface area (Å²) in [5.74, 6) is -0.00677. The Hall–Kier alpha value is -1.28. The van der Waals surface area contributed by atoms with Crippen LogP contribution in [0.5, 0.6) is 0 Å². The summed E-state index contributed by atoms with van der Waals surface area (Å²) in [6.07, 6.45) is -7.82. The van der Waals surface area contributed by atoms with Gasteiger partial charge in [-0.1, -0.05) is 0 Å². The van der Waals surface area contributed by atoms with E-state index in [0.29, 0.717) is 44.4 Å². The van der Waals surface area contributed by atoms with Gasteiger partial charge in [-0.25, -0.2) is 0 Å². The number of hydrogen-bond donors (Lipinski definition) is 1. The first-order valence-corrected chi connectivity index (χ1v) is 7.91. The van der Waals surface area contributed by atoms with Crippen LogP contribution in [0.15, 0.2) is 18.2 Å². The van der Waals surface area contributed by atoms with Gasteiger partial charge in [-0.3, -0.25) is 4.90 Å². The Bertz CT molecular complexity index is 585. The van der Waals surface area contributed by atoms with E-state index in [1.165, 1.54) is 0 Å². The summed E-state index contributed by atoms with van der Waals surface area (Å²) in [5.41, 5.74) is -2.21. The second-order valence-corrected chi connectivity index (χ2v) is 6.37. The molecule has 1 aromatic rings. The lowest BCUT2D eigenvalue weighted by Gasteiger charge is -2.36. The molecule has 1 saturated heterocycles. The number of alkyl halides is 6. The van der Waals surface area contributed by atoms with E-state index in [1.807, 2.05) is 4.90 Å². The van der Waals surface area contributed by atoms with Crippen LogP contribution in [0.25, 0.3) is 0 Å². The Balaban J connectivity index is 2.07. The summed E-state index contributed by atoms with van der Waals surface area (Å²) in [4.78, 5) is 1.89. The molecule has 1 aromatic carbocycles. The minimum absolute atomic E-state index is 0.00677. The van der Waals surface area contributed by atoms with Gasteiger partial charge in [0.1, 0.15) is 0 Å². The van der Waals surface area contributed by atoms with Crippen molar-refractivity contribution in [3.63, 3.8) is 0 Å². The minimum Gasteiger partial charge on any atom is -0.314 e. The third kappa shape index (κ3) is 3.69. The minimum atomic E-state index is -4.67. The number of nitrogens with one attached hydrogen (secondary N) is 1. The standard InChI is InChI=1S/C16H18F6N2/c17-15(18,19)11-3-4-13(16(20,21)22)12(9-11)14(10-1-2-10)24-7-5-23-6-8-24/h3-4,9-10,14,23H,1-2,5-8H2/t14-/m1/s1. The smallest absolute Gasteiger partial charge is 0.314 e. The molecule has 0 radical (unpaired) electrons. The first kappa shape index (κ1) is 17.5. The Morgan fingerprint density at radius 3 is 2.08 bits per heavy atom. The fourth-order valence-corrected chi connectivity index (χ4v) is 3.36. The van der Waals surface area contributed by atoms with Crippen molar-refractivity contribution in [1.29, 1.82) is 0 Å². The molecule has 1 N–H and O–H groups in total. The highest BCUT2D eigenvalue weighted by molar-refractivity contribution is 5.38. The average Bonchev–Trinajstić information content (AvgIpc) is 3.31. The Labute approximate surface area is 135 Å². The van der Waals surface area contributed by atoms with Crippen LogP contribution in [0.4, 0.5) is 26.3 Å². The predicted octanol–water partition coefficient (Wildman–Crippen LogP) is 4.08. The van der Waals surface area contributed by atoms with E-state index in [1.54, 1.807) is 0 Å². The molecule has 0 spiro atoms. The molecule has 0 bridgehead atoms. The molecule has 1 atom stereocenters. The fraction of sp³-hybridized carbons (Fsp3) is 0.625. The number of halogens is 6. The van der Waals surface area contributed by atoms with Gasteiger partial charge in [0.15, 0.2) is 0 Å². The zero-order valence-electron chi connectivity index (χ0n) is 12.8. The van der Waals surface area contributed by atoms with E-state index in [-0.39, 0.29) is 11.5 Å². The van der Waals surface area contributed by atoms with Crippen LogP contribution in [0.3, 0.4) is 0 Å². The molecule has 2 nitrogen and oxygen atoms in total. The van der Waals surface area contributed by atoms with Crippen molar-refractivity contribution in [2.45, 2.75) is 31.2 Å². The first-order chi connectivity index (χ1) is 11.2. The maximum Gasteiger partial charge on any atom is 0.416 e. The molecule has 1 aliphatic heterocycles. The molecule has 134 valence electrons. The van der Waals surface area contributed by atoms with Gasteiger partial charge in [-0.15, -0.1) is 0 Å². The number of benzene rings is 1. The molecule has 3 rings (SSSR count). The summed E-state index contributed by atoms with van der Waals surface area (Å²) in [6.45, 7) is 2.33. The number of hydrogen-bond acceptors (Lipinski definition) is 2. The highest BCUT2D eigenvalue weighted by Crippen LogP contribution is 2.49. The van der Waals surface area contributed by atoms with Gasteiger partial charge in [0.05, 0.1) is 11.1 Å². The normalized spacial score (nSPS) is 21.8. The van der Waals surface area contributed by atoms with Crippen molar-refractivity contribution >= 4 is 0 Å². The third-order valence-corrected chi connectivity index (χ3v) is 4.62. The maximum atomic E-state index is 13.4. The van der Waals surface area contributed by atoms with Crippen molar-refractivity contribution in [2.24, 2.45) is 5.92 Å². The van der Waals surface area contributed by atoms with Crippen LogP contribution in [-0.4, -0.2) is 31.1 Å². The molecule has 1 heterocycles. The SMILES string of the molecule is FC(F)(F)c1ccc(C(F)(F)F)c([C@@H](C2CC2)N2CCNCC2)c1. The van der Waals surface area contributed by atoms with E-state index in [4.69, 9.17) is 0 Å². The Morgan fingerprint density at radius 1 is 0.958 bits per heavy atom. The van der Waals surface area contributed by atoms with Crippen LogP contribution in [-0.2, 0) is 12.4 Å². The first-order valence-electron chi connectivity index (χ1n) is 7.91. The zero-order chi connectivity index (χ0) is 17.5. The lowest BCUT2D eigenvalue weighted by atomic mass is 9.92. The van der Waals surface area contributed by atoms with Gasteiger partial charge in [0.2, 0.25) is 0 Å². The largest absolute Gasteiger partial charge is 0.416 e. The number of rotatable bonds is 3. The van der Waals surface area contributed by atoms with E-state index in [0.717, 1.165) is 12.8 Å². The van der Waals surface area contributed by atoms with Gasteiger partial charge in [0.25, 0.3) is 0 Å². The van der Waals surface area contributed by atoms with Crippen molar-refractivity contribution < 1.29 is 26.3 Å². The molecular formula is C16H18F6N2. The molecule has 0 aromatic heterocycles. The van der Waals surface area contributed by atoms with Gasteiger partial charge in [0, 0.05) is 32.2 Å². The summed E-state index contributed by atoms with van der Waals surface area (Å²) >= 11 is 0. The molecule has 1 aliphatic carbocycles. The highest BCUT2D eigenvalue weighted by Gasteiger charge is 2.44. The van der Waals surface area contributed by atoms with Crippen molar-refractivity contribution in [2.75, 3.05) is 26.2 Å². The molecule has 1 saturated carbocycles. The summed E-state index contributed by atoms with van der Waals surface area (Å²) in [6, 6.07) is 1.20. The molecule has 2 fully saturated rings. The third-order valence-electron chi connectivity index (χ3n) is 4.62. The summed E-state index contributed by atoms with van der Waals surface area (Å²) in [7, 11) is 0. The molecule has 0 amide bonds. The second-order valence-electron chi connectivity index (χ2n) is 6.37. The molecule has 24 heavy (non-hydrogen) atoms. The Morgan fingerprint density at radius 2 is 1.58 bits per heavy atom. The molecule has 0 unspecified atom stereocenters. The maximum absolute atomic E-state index is 13.4. The second kappa shape index (κ2) is 6.22. The van der Waals surface area contributed by atoms with E-state index in [2.05, 4.69) is 5.32 Å². The van der Waals surface area contributed by atoms with Gasteiger partial charge in [-0.2, -0.15) is 26.3 Å². The monoisotopic (exact) mass is 352 g/mol. The fourth-order valence-electron chi connectivity index (χ4n) is 3.36. The molecule has 2 aliphatic rings. The van der Waals surface area contributed by atoms with Crippen molar-refractivity contribution in [3.05, 3.63) is 34.9 Å². The van der Waals surface area contributed by atoms with Crippen molar-refractivity contribution in [1.82, 2.24) is 10.2 Å². The summed E-state index contributed by atoms with van der Waals surface area (Å²) in [5, 5.41) is 3.12. The average molecular weight is 352 g/mol. The van der Waals surface area contributed by atoms with Crippen molar-refractivity contribution in [3.8, 4) is 0 Å². The highest BCUT2D eigenvalue weighted by atomic mass is 19.4. The van der Waals surface area contributed by atoms with Gasteiger partial charge in [-0.05, 0) is 42.5 Å². The van der Waals surface area contributed by atoms with Gasteiger partial charge >= 0.3 is 12.4 Å². The van der Waals surface area contributed by atoms with E-state index in [9.17, 15) is 26.3 Å². The van der Waals surface area contributed by atoms with E-state index < -0.39 is 29.5 Å². The summed E-state index contributed by atoms with van der Waals surface area (Å²) < 4.78 is 79.2. The van der Waals surface area contributed by atoms with Crippen LogP contribution < -0.4 is 5.32 Å². The quantitative estimate of drug-likeness (QED) is 0.825. The molecule has 8 heteroatoms. The Kier molecular flexibility index (Phi) is 4.55. The number of nitrogens with zero attached hydrogens (tertiary/aromatic N) is 1. The lowest BCUT2D eigenvalue weighted by molar-refractivity contribution is -0.142. The topological polar surface area (TPSA) is 15.3 Å². The van der Waals surface area contributed by atoms with Gasteiger partial charge < -0.3 is 5.32 Å². The van der Waals surface area contributed by atoms with Crippen LogP contribution in [0.1, 0.15) is 35.6 Å².